The molecule has 4 heterocycles. The smallest absolute Gasteiger partial charge is 0.160 e. The molecule has 0 radical (unpaired) electrons. The van der Waals surface area contributed by atoms with Gasteiger partial charge in [-0.15, -0.1) is 0 Å². The molecule has 0 amide bonds. The number of fused-ring (bicyclic) bond motifs is 14. The van der Waals surface area contributed by atoms with Crippen LogP contribution in [0.5, 0.6) is 0 Å². The summed E-state index contributed by atoms with van der Waals surface area (Å²) in [7, 11) is 0. The van der Waals surface area contributed by atoms with E-state index in [9.17, 15) is 0 Å². The largest absolute Gasteiger partial charge is 0.310 e. The number of aryl methyl sites for hydroxylation is 1. The summed E-state index contributed by atoms with van der Waals surface area (Å²) in [4.78, 5) is 22.5. The van der Waals surface area contributed by atoms with Crippen LogP contribution in [0.25, 0.3) is 195 Å². The molecule has 3 aliphatic carbocycles. The molecule has 1 atom stereocenters. The van der Waals surface area contributed by atoms with Gasteiger partial charge in [0.2, 0.25) is 0 Å². The summed E-state index contributed by atoms with van der Waals surface area (Å²) in [6, 6.07) is 169. The fourth-order valence-corrected chi connectivity index (χ4v) is 22.5. The molecule has 23 aromatic rings. The zero-order valence-electron chi connectivity index (χ0n) is 72.1. The summed E-state index contributed by atoms with van der Waals surface area (Å²) in [5, 5.41) is 8.34. The lowest BCUT2D eigenvalue weighted by atomic mass is 9.67. The number of hydrogen-bond acceptors (Lipinski definition) is 4. The second kappa shape index (κ2) is 30.9. The summed E-state index contributed by atoms with van der Waals surface area (Å²) < 4.78 is 4.81. The van der Waals surface area contributed by atoms with E-state index in [2.05, 4.69) is 482 Å². The Morgan fingerprint density at radius 2 is 0.591 bits per heavy atom. The molecule has 0 saturated heterocycles. The van der Waals surface area contributed by atoms with Crippen LogP contribution in [0.3, 0.4) is 0 Å². The van der Waals surface area contributed by atoms with Crippen LogP contribution in [-0.2, 0) is 17.3 Å². The van der Waals surface area contributed by atoms with Gasteiger partial charge in [-0.2, -0.15) is 0 Å². The predicted molar refractivity (Wildman–Crippen MR) is 545 cm³/mol. The van der Waals surface area contributed by atoms with E-state index in [0.717, 1.165) is 141 Å². The summed E-state index contributed by atoms with van der Waals surface area (Å²) in [6.45, 7) is 0. The maximum Gasteiger partial charge on any atom is 0.160 e. The Kier molecular flexibility index (Phi) is 17.8. The summed E-state index contributed by atoms with van der Waals surface area (Å²) in [6.07, 6.45) is 6.72. The third-order valence-corrected chi connectivity index (χ3v) is 28.3. The van der Waals surface area contributed by atoms with Gasteiger partial charge in [0.1, 0.15) is 0 Å². The molecule has 0 spiro atoms. The van der Waals surface area contributed by atoms with Gasteiger partial charge in [-0.3, -0.25) is 0 Å². The molecule has 0 fully saturated rings. The second-order valence-electron chi connectivity index (χ2n) is 35.2. The Morgan fingerprint density at radius 3 is 1.17 bits per heavy atom. The quantitative estimate of drug-likeness (QED) is 0.103. The summed E-state index contributed by atoms with van der Waals surface area (Å²) >= 11 is 0. The van der Waals surface area contributed by atoms with Crippen LogP contribution in [0.2, 0.25) is 0 Å². The van der Waals surface area contributed by atoms with Crippen LogP contribution >= 0.6 is 0 Å². The van der Waals surface area contributed by atoms with Crippen LogP contribution in [0, 0.1) is 0 Å². The molecular weight excluding hydrogens is 1600 g/mol. The maximum absolute atomic E-state index is 5.79. The number of allylic oxidation sites excluding steroid dienone is 1. The van der Waals surface area contributed by atoms with Gasteiger partial charge in [-0.05, 0) is 213 Å². The van der Waals surface area contributed by atoms with Crippen molar-refractivity contribution in [2.24, 2.45) is 0 Å². The van der Waals surface area contributed by atoms with Crippen molar-refractivity contribution in [1.29, 1.82) is 0 Å². The van der Waals surface area contributed by atoms with Crippen molar-refractivity contribution in [2.75, 3.05) is 0 Å². The molecule has 0 N–H and O–H groups in total. The molecule has 0 saturated carbocycles. The highest BCUT2D eigenvalue weighted by molar-refractivity contribution is 6.11. The first-order valence-electron chi connectivity index (χ1n) is 45.7. The van der Waals surface area contributed by atoms with Crippen molar-refractivity contribution in [1.82, 2.24) is 29.1 Å². The van der Waals surface area contributed by atoms with Gasteiger partial charge in [0.05, 0.1) is 50.2 Å². The minimum absolute atomic E-state index is 0.613. The molecule has 3 aliphatic rings. The van der Waals surface area contributed by atoms with Gasteiger partial charge in [-0.25, -0.2) is 19.9 Å². The molecule has 6 heteroatoms. The van der Waals surface area contributed by atoms with Crippen molar-refractivity contribution in [2.45, 2.75) is 23.7 Å². The highest BCUT2D eigenvalue weighted by atomic mass is 15.0. The molecule has 0 bridgehead atoms. The molecule has 19 aromatic carbocycles. The highest BCUT2D eigenvalue weighted by Crippen LogP contribution is 2.60. The summed E-state index contributed by atoms with van der Waals surface area (Å²) in [5.41, 5.74) is 37.7. The van der Waals surface area contributed by atoms with E-state index in [1.807, 2.05) is 0 Å². The van der Waals surface area contributed by atoms with Crippen LogP contribution < -0.4 is 0 Å². The molecule has 616 valence electrons. The zero-order valence-corrected chi connectivity index (χ0v) is 72.1. The highest BCUT2D eigenvalue weighted by Gasteiger charge is 2.49. The minimum Gasteiger partial charge on any atom is -0.310 e. The van der Waals surface area contributed by atoms with E-state index in [4.69, 9.17) is 19.9 Å². The first kappa shape index (κ1) is 76.2. The average Bonchev–Trinajstić information content (AvgIpc) is 1.53. The monoisotopic (exact) mass is 1680 g/mol. The fraction of sp³-hybridized carbons (Fsp3) is 0.0317. The lowest BCUT2D eigenvalue weighted by molar-refractivity contribution is 0.768. The lowest BCUT2D eigenvalue weighted by Gasteiger charge is -2.34. The van der Waals surface area contributed by atoms with Crippen LogP contribution in [0.15, 0.2) is 467 Å². The van der Waals surface area contributed by atoms with Crippen LogP contribution in [0.1, 0.15) is 62.2 Å². The number of benzene rings is 19. The molecule has 4 aromatic heterocycles. The van der Waals surface area contributed by atoms with Crippen molar-refractivity contribution in [3.63, 3.8) is 0 Å². The van der Waals surface area contributed by atoms with E-state index in [0.29, 0.717) is 11.6 Å². The standard InChI is InChI=1S/C126H82N6/c1-5-31-84(32-6-1)123-127-114(79-115(128-123)101-74-72-94(96-41-13-15-43-98(96)101)82-63-68-92(69-64-82)131-118-55-25-19-46-103(118)104-47-20-26-56-119(104)131)87-67-76-112-109(78-87)100-45-17-23-52-110(100)126(112,90-38-11-4-12-39-90)91-40-29-33-86(77-91)81-59-61-85(62-60-81)124-129-116(80-117(130-124)108-51-30-54-113-122(108)107-50-18-24-53-111(107)125(113,88-34-7-2-8-35-88)89-36-9-3-10-37-89)102-75-73-95(97-42-14-16-44-99(97)102)83-65-70-93(71-66-83)132-120-57-27-21-48-105(120)106-49-22-28-58-121(106)132/h1-19,21-46,48-80H,20,47H2. The van der Waals surface area contributed by atoms with Gasteiger partial charge in [0.15, 0.2) is 11.6 Å². The topological polar surface area (TPSA) is 61.4 Å². The van der Waals surface area contributed by atoms with Crippen LogP contribution in [0.4, 0.5) is 0 Å². The van der Waals surface area contributed by atoms with Gasteiger partial charge in [-0.1, -0.05) is 400 Å². The Hall–Kier alpha value is -17.1. The van der Waals surface area contributed by atoms with Crippen molar-refractivity contribution < 1.29 is 0 Å². The Bertz CT molecular complexity index is 8510. The number of nitrogens with zero attached hydrogens (tertiary/aromatic N) is 6. The van der Waals surface area contributed by atoms with E-state index in [-0.39, 0.29) is 0 Å². The molecule has 26 rings (SSSR count). The SMILES string of the molecule is C1=Cc2c(c3ccccc3n2-c2ccc(-c3ccc(-c4cc(-c5ccc6c(c5)-c5ccccc5C6(c5ccccc5)c5cccc(-c6ccc(-c7nc(-c8cccc9c8-c8ccccc8C9(c8ccccc8)c8ccccc8)cc(-c8ccc(-c9ccc(-n%10c%11ccccc%11c%11ccccc%11%10)cc9)c9ccccc89)n7)cc6)c5)nc(-c5ccccc5)n4)c4ccccc34)cc2)CC1. The molecular formula is C126H82N6. The Morgan fingerprint density at radius 1 is 0.212 bits per heavy atom. The number of aromatic nitrogens is 6. The van der Waals surface area contributed by atoms with E-state index >= 15 is 0 Å². The Labute approximate surface area is 765 Å². The third-order valence-electron chi connectivity index (χ3n) is 28.3. The number of hydrogen-bond donors (Lipinski definition) is 0. The zero-order chi connectivity index (χ0) is 87.0. The normalized spacial score (nSPS) is 13.9. The van der Waals surface area contributed by atoms with Crippen LogP contribution in [-0.4, -0.2) is 29.1 Å². The van der Waals surface area contributed by atoms with Crippen molar-refractivity contribution in [3.05, 3.63) is 523 Å². The van der Waals surface area contributed by atoms with E-state index in [1.54, 1.807) is 0 Å². The predicted octanol–water partition coefficient (Wildman–Crippen LogP) is 31.3. The first-order chi connectivity index (χ1) is 65.5. The minimum atomic E-state index is -0.714. The van der Waals surface area contributed by atoms with E-state index < -0.39 is 10.8 Å². The summed E-state index contributed by atoms with van der Waals surface area (Å²) in [5.74, 6) is 1.30. The molecule has 1 unspecified atom stereocenters. The Balaban J connectivity index is 0.582. The molecule has 132 heavy (non-hydrogen) atoms. The number of para-hydroxylation sites is 3. The average molecular weight is 1680 g/mol. The molecule has 0 aliphatic heterocycles. The van der Waals surface area contributed by atoms with Crippen molar-refractivity contribution >= 4 is 60.3 Å². The van der Waals surface area contributed by atoms with E-state index in [1.165, 1.54) is 105 Å². The maximum atomic E-state index is 5.79. The van der Waals surface area contributed by atoms with Crippen molar-refractivity contribution in [3.8, 4) is 135 Å². The fourth-order valence-electron chi connectivity index (χ4n) is 22.5. The third kappa shape index (κ3) is 12.0. The first-order valence-corrected chi connectivity index (χ1v) is 45.7. The lowest BCUT2D eigenvalue weighted by Crippen LogP contribution is -2.28. The van der Waals surface area contributed by atoms with Gasteiger partial charge < -0.3 is 9.13 Å². The van der Waals surface area contributed by atoms with Gasteiger partial charge >= 0.3 is 0 Å². The van der Waals surface area contributed by atoms with Gasteiger partial charge in [0, 0.05) is 66.6 Å². The molecule has 6 nitrogen and oxygen atoms in total. The second-order valence-corrected chi connectivity index (χ2v) is 35.2. The number of rotatable bonds is 15. The van der Waals surface area contributed by atoms with Gasteiger partial charge in [0.25, 0.3) is 0 Å².